The summed E-state index contributed by atoms with van der Waals surface area (Å²) in [5.41, 5.74) is 6.95. The van der Waals surface area contributed by atoms with E-state index in [4.69, 9.17) is 5.73 Å². The molecule has 0 amide bonds. The van der Waals surface area contributed by atoms with Crippen LogP contribution in [-0.2, 0) is 10.0 Å². The monoisotopic (exact) mass is 268 g/mol. The van der Waals surface area contributed by atoms with Crippen LogP contribution in [0, 0.1) is 6.92 Å². The Kier molecular flexibility index (Phi) is 3.64. The van der Waals surface area contributed by atoms with E-state index in [0.29, 0.717) is 16.1 Å². The Hall–Kier alpha value is -1.07. The second-order valence-electron chi connectivity index (χ2n) is 4.93. The van der Waals surface area contributed by atoms with Gasteiger partial charge in [0, 0.05) is 18.8 Å². The van der Waals surface area contributed by atoms with Crippen LogP contribution in [0.25, 0.3) is 0 Å². The lowest BCUT2D eigenvalue weighted by molar-refractivity contribution is 0.373. The van der Waals surface area contributed by atoms with E-state index in [2.05, 4.69) is 0 Å². The van der Waals surface area contributed by atoms with Crippen molar-refractivity contribution in [2.24, 2.45) is 0 Å². The van der Waals surface area contributed by atoms with Crippen molar-refractivity contribution >= 4 is 15.7 Å². The lowest BCUT2D eigenvalue weighted by Gasteiger charge is -2.24. The summed E-state index contributed by atoms with van der Waals surface area (Å²) in [5.74, 6) is 0. The molecule has 0 aromatic heterocycles. The molecule has 0 spiro atoms. The second-order valence-corrected chi connectivity index (χ2v) is 6.90. The number of nitrogens with zero attached hydrogens (tertiary/aromatic N) is 1. The highest BCUT2D eigenvalue weighted by Gasteiger charge is 2.31. The molecule has 0 bridgehead atoms. The minimum absolute atomic E-state index is 0.135. The molecule has 1 aromatic rings. The molecule has 18 heavy (non-hydrogen) atoms. The van der Waals surface area contributed by atoms with Crippen LogP contribution in [0.4, 0.5) is 5.69 Å². The number of nitrogen functional groups attached to an aromatic ring is 1. The van der Waals surface area contributed by atoms with E-state index >= 15 is 0 Å². The van der Waals surface area contributed by atoms with Crippen molar-refractivity contribution in [2.75, 3.05) is 12.8 Å². The van der Waals surface area contributed by atoms with Gasteiger partial charge in [-0.15, -0.1) is 0 Å². The van der Waals surface area contributed by atoms with Gasteiger partial charge in [0.05, 0.1) is 4.90 Å². The number of sulfonamides is 1. The van der Waals surface area contributed by atoms with Gasteiger partial charge in [0.2, 0.25) is 10.0 Å². The van der Waals surface area contributed by atoms with Gasteiger partial charge in [-0.25, -0.2) is 8.42 Å². The van der Waals surface area contributed by atoms with Crippen molar-refractivity contribution in [1.29, 1.82) is 0 Å². The van der Waals surface area contributed by atoms with Gasteiger partial charge in [-0.3, -0.25) is 0 Å². The molecule has 2 rings (SSSR count). The van der Waals surface area contributed by atoms with E-state index in [1.54, 1.807) is 32.2 Å². The molecule has 0 saturated heterocycles. The first-order valence-corrected chi connectivity index (χ1v) is 7.71. The summed E-state index contributed by atoms with van der Waals surface area (Å²) < 4.78 is 26.6. The molecule has 1 fully saturated rings. The van der Waals surface area contributed by atoms with Gasteiger partial charge in [0.25, 0.3) is 0 Å². The standard InChI is InChI=1S/C13H20N2O2S/c1-10-12(14)8-5-9-13(10)18(16,17)15(2)11-6-3-4-7-11/h5,8-9,11H,3-4,6-7,14H2,1-2H3. The third kappa shape index (κ3) is 2.24. The Morgan fingerprint density at radius 2 is 1.89 bits per heavy atom. The first-order chi connectivity index (χ1) is 8.44. The smallest absolute Gasteiger partial charge is 0.243 e. The van der Waals surface area contributed by atoms with Crippen LogP contribution >= 0.6 is 0 Å². The Morgan fingerprint density at radius 3 is 2.50 bits per heavy atom. The minimum atomic E-state index is -3.42. The molecular weight excluding hydrogens is 248 g/mol. The van der Waals surface area contributed by atoms with Crippen molar-refractivity contribution in [1.82, 2.24) is 4.31 Å². The molecule has 0 radical (unpaired) electrons. The molecule has 0 unspecified atom stereocenters. The maximum Gasteiger partial charge on any atom is 0.243 e. The van der Waals surface area contributed by atoms with E-state index in [0.717, 1.165) is 25.7 Å². The molecule has 2 N–H and O–H groups in total. The van der Waals surface area contributed by atoms with Gasteiger partial charge >= 0.3 is 0 Å². The van der Waals surface area contributed by atoms with Crippen molar-refractivity contribution in [3.63, 3.8) is 0 Å². The van der Waals surface area contributed by atoms with E-state index in [-0.39, 0.29) is 6.04 Å². The molecule has 4 nitrogen and oxygen atoms in total. The number of hydrogen-bond acceptors (Lipinski definition) is 3. The van der Waals surface area contributed by atoms with Gasteiger partial charge in [-0.1, -0.05) is 18.9 Å². The molecule has 1 saturated carbocycles. The van der Waals surface area contributed by atoms with Crippen molar-refractivity contribution < 1.29 is 8.42 Å². The summed E-state index contributed by atoms with van der Waals surface area (Å²) in [7, 11) is -1.75. The summed E-state index contributed by atoms with van der Waals surface area (Å²) in [6.07, 6.45) is 4.13. The number of anilines is 1. The third-order valence-electron chi connectivity index (χ3n) is 3.82. The number of nitrogens with two attached hydrogens (primary N) is 1. The largest absolute Gasteiger partial charge is 0.398 e. The lowest BCUT2D eigenvalue weighted by atomic mass is 10.2. The Balaban J connectivity index is 2.38. The van der Waals surface area contributed by atoms with Crippen LogP contribution < -0.4 is 5.73 Å². The summed E-state index contributed by atoms with van der Waals surface area (Å²) in [6, 6.07) is 5.18. The molecule has 1 aliphatic carbocycles. The number of benzene rings is 1. The first-order valence-electron chi connectivity index (χ1n) is 6.27. The zero-order valence-electron chi connectivity index (χ0n) is 10.9. The maximum absolute atomic E-state index is 12.6. The van der Waals surface area contributed by atoms with Gasteiger partial charge in [0.15, 0.2) is 0 Å². The van der Waals surface area contributed by atoms with Crippen molar-refractivity contribution in [2.45, 2.75) is 43.5 Å². The zero-order valence-corrected chi connectivity index (χ0v) is 11.7. The fourth-order valence-corrected chi connectivity index (χ4v) is 4.20. The SMILES string of the molecule is Cc1c(N)cccc1S(=O)(=O)N(C)C1CCCC1. The van der Waals surface area contributed by atoms with Gasteiger partial charge < -0.3 is 5.73 Å². The highest BCUT2D eigenvalue weighted by Crippen LogP contribution is 2.29. The molecule has 100 valence electrons. The molecule has 1 aliphatic rings. The fraction of sp³-hybridized carbons (Fsp3) is 0.538. The third-order valence-corrected chi connectivity index (χ3v) is 5.88. The second kappa shape index (κ2) is 4.90. The Bertz CT molecular complexity index is 534. The predicted molar refractivity (Wildman–Crippen MR) is 72.8 cm³/mol. The predicted octanol–water partition coefficient (Wildman–Crippen LogP) is 2.14. The van der Waals surface area contributed by atoms with Crippen LogP contribution in [-0.4, -0.2) is 25.8 Å². The van der Waals surface area contributed by atoms with E-state index in [1.165, 1.54) is 4.31 Å². The van der Waals surface area contributed by atoms with Gasteiger partial charge in [0.1, 0.15) is 0 Å². The molecule has 0 aliphatic heterocycles. The zero-order chi connectivity index (χ0) is 13.3. The highest BCUT2D eigenvalue weighted by molar-refractivity contribution is 7.89. The topological polar surface area (TPSA) is 63.4 Å². The molecule has 1 aromatic carbocycles. The van der Waals surface area contributed by atoms with E-state index < -0.39 is 10.0 Å². The highest BCUT2D eigenvalue weighted by atomic mass is 32.2. The van der Waals surface area contributed by atoms with Crippen LogP contribution in [0.5, 0.6) is 0 Å². The number of rotatable bonds is 3. The Labute approximate surface area is 109 Å². The summed E-state index contributed by atoms with van der Waals surface area (Å²) in [4.78, 5) is 0.330. The van der Waals surface area contributed by atoms with E-state index in [1.807, 2.05) is 0 Å². The van der Waals surface area contributed by atoms with Crippen molar-refractivity contribution in [3.05, 3.63) is 23.8 Å². The molecule has 0 atom stereocenters. The van der Waals surface area contributed by atoms with Crippen LogP contribution in [0.3, 0.4) is 0 Å². The number of hydrogen-bond donors (Lipinski definition) is 1. The quantitative estimate of drug-likeness (QED) is 0.854. The molecular formula is C13H20N2O2S. The normalized spacial score (nSPS) is 17.5. The average Bonchev–Trinajstić information content (AvgIpc) is 2.85. The minimum Gasteiger partial charge on any atom is -0.398 e. The van der Waals surface area contributed by atoms with Crippen LogP contribution in [0.1, 0.15) is 31.2 Å². The molecule has 5 heteroatoms. The van der Waals surface area contributed by atoms with Gasteiger partial charge in [-0.2, -0.15) is 4.31 Å². The van der Waals surface area contributed by atoms with Crippen molar-refractivity contribution in [3.8, 4) is 0 Å². The van der Waals surface area contributed by atoms with Gasteiger partial charge in [-0.05, 0) is 37.5 Å². The average molecular weight is 268 g/mol. The fourth-order valence-electron chi connectivity index (χ4n) is 2.53. The van der Waals surface area contributed by atoms with Crippen LogP contribution in [0.2, 0.25) is 0 Å². The summed E-state index contributed by atoms with van der Waals surface area (Å²) in [6.45, 7) is 1.75. The van der Waals surface area contributed by atoms with Crippen LogP contribution in [0.15, 0.2) is 23.1 Å². The summed E-state index contributed by atoms with van der Waals surface area (Å²) >= 11 is 0. The van der Waals surface area contributed by atoms with E-state index in [9.17, 15) is 8.42 Å². The first kappa shape index (κ1) is 13.4. The summed E-state index contributed by atoms with van der Waals surface area (Å²) in [5, 5.41) is 0. The maximum atomic E-state index is 12.6. The Morgan fingerprint density at radius 1 is 1.28 bits per heavy atom. The molecule has 0 heterocycles. The lowest BCUT2D eigenvalue weighted by Crippen LogP contribution is -2.35.